The van der Waals surface area contributed by atoms with Gasteiger partial charge in [-0.3, -0.25) is 4.79 Å². The van der Waals surface area contributed by atoms with Gasteiger partial charge in [-0.15, -0.1) is 0 Å². The predicted molar refractivity (Wildman–Crippen MR) is 150 cm³/mol. The maximum atomic E-state index is 12.2. The van der Waals surface area contributed by atoms with E-state index in [-0.39, 0.29) is 5.91 Å². The molecule has 4 rings (SSSR count). The molecule has 0 fully saturated rings. The number of aromatic nitrogens is 2. The Hall–Kier alpha value is -3.12. The topological polar surface area (TPSA) is 56.1 Å². The maximum Gasteiger partial charge on any atom is 0.251 e. The molecule has 1 amide bonds. The van der Waals surface area contributed by atoms with Gasteiger partial charge in [0.2, 0.25) is 0 Å². The Morgan fingerprint density at radius 2 is 1.72 bits per heavy atom. The second-order valence-electron chi connectivity index (χ2n) is 8.94. The number of unbranched alkanes of at least 4 members (excludes halogenated alkanes) is 2. The molecule has 0 aliphatic heterocycles. The molecule has 6 heteroatoms. The SMILES string of the molecule is CCc1ccc(OCCCn2c(CCCCCNC(=O)c3ccc(Br)cc3)nc3ccccc32)cc1. The summed E-state index contributed by atoms with van der Waals surface area (Å²) in [5, 5.41) is 3.02. The minimum atomic E-state index is -0.0205. The van der Waals surface area contributed by atoms with Crippen LogP contribution in [-0.4, -0.2) is 28.6 Å². The van der Waals surface area contributed by atoms with Gasteiger partial charge in [0.1, 0.15) is 11.6 Å². The highest BCUT2D eigenvalue weighted by molar-refractivity contribution is 9.10. The highest BCUT2D eigenvalue weighted by Gasteiger charge is 2.10. The van der Waals surface area contributed by atoms with Crippen molar-refractivity contribution in [3.05, 3.63) is 94.2 Å². The minimum Gasteiger partial charge on any atom is -0.494 e. The molecule has 0 unspecified atom stereocenters. The minimum absolute atomic E-state index is 0.0205. The molecule has 0 aliphatic rings. The average Bonchev–Trinajstić information content (AvgIpc) is 3.26. The lowest BCUT2D eigenvalue weighted by Gasteiger charge is -2.11. The number of nitrogens with zero attached hydrogens (tertiary/aromatic N) is 2. The van der Waals surface area contributed by atoms with Crippen LogP contribution in [0.5, 0.6) is 5.75 Å². The molecule has 36 heavy (non-hydrogen) atoms. The first-order valence-corrected chi connectivity index (χ1v) is 13.6. The summed E-state index contributed by atoms with van der Waals surface area (Å²) < 4.78 is 9.28. The third-order valence-electron chi connectivity index (χ3n) is 6.33. The standard InChI is InChI=1S/C30H34BrN3O2/c1-2-23-12-18-26(19-13-23)36-22-8-21-34-28-10-6-5-9-27(28)33-29(34)11-4-3-7-20-32-30(35)24-14-16-25(31)17-15-24/h5-6,9-10,12-19H,2-4,7-8,11,20-22H2,1H3,(H,32,35). The molecule has 4 aromatic rings. The Kier molecular flexibility index (Phi) is 9.56. The van der Waals surface area contributed by atoms with Gasteiger partial charge in [-0.2, -0.15) is 0 Å². The van der Waals surface area contributed by atoms with Crippen molar-refractivity contribution < 1.29 is 9.53 Å². The van der Waals surface area contributed by atoms with Crippen molar-refractivity contribution in [3.8, 4) is 5.75 Å². The van der Waals surface area contributed by atoms with Crippen LogP contribution in [0, 0.1) is 0 Å². The van der Waals surface area contributed by atoms with Crippen LogP contribution in [-0.2, 0) is 19.4 Å². The van der Waals surface area contributed by atoms with E-state index in [0.717, 1.165) is 66.6 Å². The van der Waals surface area contributed by atoms with E-state index >= 15 is 0 Å². The molecule has 188 valence electrons. The summed E-state index contributed by atoms with van der Waals surface area (Å²) in [6.07, 6.45) is 5.92. The fraction of sp³-hybridized carbons (Fsp3) is 0.333. The van der Waals surface area contributed by atoms with E-state index in [9.17, 15) is 4.79 Å². The van der Waals surface area contributed by atoms with Crippen molar-refractivity contribution in [2.75, 3.05) is 13.2 Å². The van der Waals surface area contributed by atoms with Gasteiger partial charge in [0.25, 0.3) is 5.91 Å². The lowest BCUT2D eigenvalue weighted by atomic mass is 10.1. The molecule has 0 spiro atoms. The zero-order valence-electron chi connectivity index (χ0n) is 20.9. The number of nitrogens with one attached hydrogen (secondary N) is 1. The Labute approximate surface area is 222 Å². The van der Waals surface area contributed by atoms with E-state index in [1.807, 2.05) is 30.3 Å². The van der Waals surface area contributed by atoms with Gasteiger partial charge in [-0.05, 0) is 79.8 Å². The second-order valence-corrected chi connectivity index (χ2v) is 9.86. The van der Waals surface area contributed by atoms with E-state index in [4.69, 9.17) is 9.72 Å². The van der Waals surface area contributed by atoms with E-state index in [1.54, 1.807) is 0 Å². The normalized spacial score (nSPS) is 11.1. The fourth-order valence-corrected chi connectivity index (χ4v) is 4.55. The molecule has 0 aliphatic carbocycles. The number of aryl methyl sites for hydroxylation is 3. The van der Waals surface area contributed by atoms with Crippen LogP contribution in [0.3, 0.4) is 0 Å². The number of hydrogen-bond donors (Lipinski definition) is 1. The Balaban J connectivity index is 1.23. The van der Waals surface area contributed by atoms with Crippen LogP contribution in [0.15, 0.2) is 77.3 Å². The fourth-order valence-electron chi connectivity index (χ4n) is 4.29. The number of hydrogen-bond acceptors (Lipinski definition) is 3. The lowest BCUT2D eigenvalue weighted by Crippen LogP contribution is -2.24. The molecule has 0 radical (unpaired) electrons. The number of carbonyl (C=O) groups excluding carboxylic acids is 1. The van der Waals surface area contributed by atoms with Gasteiger partial charge >= 0.3 is 0 Å². The molecular formula is C30H34BrN3O2. The Morgan fingerprint density at radius 3 is 2.50 bits per heavy atom. The van der Waals surface area contributed by atoms with Crippen LogP contribution in [0.4, 0.5) is 0 Å². The van der Waals surface area contributed by atoms with Gasteiger partial charge < -0.3 is 14.6 Å². The van der Waals surface area contributed by atoms with E-state index in [2.05, 4.69) is 75.2 Å². The molecule has 0 bridgehead atoms. The first-order chi connectivity index (χ1) is 17.6. The second kappa shape index (κ2) is 13.3. The lowest BCUT2D eigenvalue weighted by molar-refractivity contribution is 0.0953. The van der Waals surface area contributed by atoms with Gasteiger partial charge in [0.15, 0.2) is 0 Å². The highest BCUT2D eigenvalue weighted by Crippen LogP contribution is 2.19. The Bertz CT molecular complexity index is 1250. The molecule has 0 saturated heterocycles. The summed E-state index contributed by atoms with van der Waals surface area (Å²) >= 11 is 3.40. The van der Waals surface area contributed by atoms with Gasteiger partial charge in [0.05, 0.1) is 17.6 Å². The number of halogens is 1. The summed E-state index contributed by atoms with van der Waals surface area (Å²) in [6.45, 7) is 4.40. The first kappa shape index (κ1) is 26.0. The summed E-state index contributed by atoms with van der Waals surface area (Å²) in [5.74, 6) is 2.03. The molecule has 3 aromatic carbocycles. The first-order valence-electron chi connectivity index (χ1n) is 12.8. The quantitative estimate of drug-likeness (QED) is 0.184. The molecule has 0 saturated carbocycles. The van der Waals surface area contributed by atoms with Crippen molar-refractivity contribution in [3.63, 3.8) is 0 Å². The number of carbonyl (C=O) groups is 1. The average molecular weight is 549 g/mol. The number of rotatable bonds is 13. The molecule has 1 N–H and O–H groups in total. The maximum absolute atomic E-state index is 12.2. The molecule has 1 heterocycles. The van der Waals surface area contributed by atoms with Crippen molar-refractivity contribution in [2.24, 2.45) is 0 Å². The summed E-state index contributed by atoms with van der Waals surface area (Å²) in [7, 11) is 0. The van der Waals surface area contributed by atoms with E-state index in [0.29, 0.717) is 18.7 Å². The van der Waals surface area contributed by atoms with E-state index in [1.165, 1.54) is 11.1 Å². The third kappa shape index (κ3) is 7.20. The van der Waals surface area contributed by atoms with Crippen LogP contribution in [0.1, 0.15) is 54.4 Å². The van der Waals surface area contributed by atoms with Crippen LogP contribution >= 0.6 is 15.9 Å². The number of fused-ring (bicyclic) bond motifs is 1. The van der Waals surface area contributed by atoms with Crippen molar-refractivity contribution in [2.45, 2.75) is 52.0 Å². The van der Waals surface area contributed by atoms with Crippen LogP contribution < -0.4 is 10.1 Å². The van der Waals surface area contributed by atoms with Crippen LogP contribution in [0.25, 0.3) is 11.0 Å². The zero-order chi connectivity index (χ0) is 25.2. The molecule has 1 aromatic heterocycles. The zero-order valence-corrected chi connectivity index (χ0v) is 22.5. The monoisotopic (exact) mass is 547 g/mol. The predicted octanol–water partition coefficient (Wildman–Crippen LogP) is 6.97. The summed E-state index contributed by atoms with van der Waals surface area (Å²) in [4.78, 5) is 17.2. The van der Waals surface area contributed by atoms with Crippen molar-refractivity contribution >= 4 is 32.9 Å². The number of amides is 1. The van der Waals surface area contributed by atoms with Gasteiger partial charge in [-0.25, -0.2) is 4.98 Å². The largest absolute Gasteiger partial charge is 0.494 e. The number of ether oxygens (including phenoxy) is 1. The number of benzene rings is 3. The molecule has 0 atom stereocenters. The number of imidazole rings is 1. The van der Waals surface area contributed by atoms with Crippen molar-refractivity contribution in [1.82, 2.24) is 14.9 Å². The van der Waals surface area contributed by atoms with Crippen molar-refractivity contribution in [1.29, 1.82) is 0 Å². The van der Waals surface area contributed by atoms with Gasteiger partial charge in [-0.1, -0.05) is 53.5 Å². The third-order valence-corrected chi connectivity index (χ3v) is 6.86. The van der Waals surface area contributed by atoms with Crippen LogP contribution in [0.2, 0.25) is 0 Å². The smallest absolute Gasteiger partial charge is 0.251 e. The molecule has 5 nitrogen and oxygen atoms in total. The highest BCUT2D eigenvalue weighted by atomic mass is 79.9. The molecular weight excluding hydrogens is 514 g/mol. The number of para-hydroxylation sites is 2. The summed E-state index contributed by atoms with van der Waals surface area (Å²) in [5.41, 5.74) is 4.24. The summed E-state index contributed by atoms with van der Waals surface area (Å²) in [6, 6.07) is 24.1. The Morgan fingerprint density at radius 1 is 0.944 bits per heavy atom. The van der Waals surface area contributed by atoms with Gasteiger partial charge in [0, 0.05) is 29.5 Å². The van der Waals surface area contributed by atoms with E-state index < -0.39 is 0 Å².